The number of halogens is 4. The highest BCUT2D eigenvalue weighted by molar-refractivity contribution is 7.89. The van der Waals surface area contributed by atoms with Gasteiger partial charge in [-0.25, -0.2) is 30.8 Å². The lowest BCUT2D eigenvalue weighted by atomic mass is 9.81. The summed E-state index contributed by atoms with van der Waals surface area (Å²) in [6.45, 7) is -0.538. The van der Waals surface area contributed by atoms with E-state index in [0.29, 0.717) is 9.87 Å². The molecule has 1 aliphatic heterocycles. The molecule has 10 heteroatoms. The normalized spacial score (nSPS) is 19.5. The quantitative estimate of drug-likeness (QED) is 0.254. The molecule has 1 aliphatic rings. The van der Waals surface area contributed by atoms with Gasteiger partial charge >= 0.3 is 5.97 Å². The van der Waals surface area contributed by atoms with Gasteiger partial charge in [0.15, 0.2) is 28.8 Å². The number of rotatable bonds is 4. The first-order valence-electron chi connectivity index (χ1n) is 9.26. The van der Waals surface area contributed by atoms with E-state index in [1.165, 1.54) is 36.4 Å². The molecule has 0 saturated carbocycles. The molecule has 0 amide bonds. The van der Waals surface area contributed by atoms with Crippen LogP contribution in [0.5, 0.6) is 0 Å². The topological polar surface area (TPSA) is 63.7 Å². The summed E-state index contributed by atoms with van der Waals surface area (Å²) in [5.74, 6) is -9.95. The lowest BCUT2D eigenvalue weighted by Gasteiger charge is -2.35. The maximum Gasteiger partial charge on any atom is 0.336 e. The van der Waals surface area contributed by atoms with Gasteiger partial charge < -0.3 is 4.74 Å². The number of fused-ring (bicyclic) bond motifs is 1. The Morgan fingerprint density at radius 2 is 1.41 bits per heavy atom. The number of esters is 1. The van der Waals surface area contributed by atoms with Crippen molar-refractivity contribution in [3.8, 4) is 0 Å². The molecule has 5 nitrogen and oxygen atoms in total. The number of methoxy groups -OCH3 is 1. The van der Waals surface area contributed by atoms with E-state index in [1.807, 2.05) is 0 Å². The van der Waals surface area contributed by atoms with Crippen LogP contribution in [0.4, 0.5) is 17.6 Å². The van der Waals surface area contributed by atoms with Gasteiger partial charge in [0.1, 0.15) is 4.90 Å². The molecule has 0 spiro atoms. The highest BCUT2D eigenvalue weighted by Gasteiger charge is 2.64. The third-order valence-electron chi connectivity index (χ3n) is 5.35. The van der Waals surface area contributed by atoms with Crippen LogP contribution in [0.15, 0.2) is 65.6 Å². The van der Waals surface area contributed by atoms with Gasteiger partial charge in [-0.2, -0.15) is 4.31 Å². The number of sulfonamides is 1. The van der Waals surface area contributed by atoms with Crippen molar-refractivity contribution in [3.63, 3.8) is 0 Å². The monoisotopic (exact) mass is 465 g/mol. The molecule has 0 saturated heterocycles. The minimum absolute atomic E-state index is 0.130. The van der Waals surface area contributed by atoms with Crippen molar-refractivity contribution < 1.29 is 35.5 Å². The van der Waals surface area contributed by atoms with Crippen molar-refractivity contribution >= 4 is 16.0 Å². The van der Waals surface area contributed by atoms with Crippen LogP contribution in [0.1, 0.15) is 16.7 Å². The van der Waals surface area contributed by atoms with E-state index in [-0.39, 0.29) is 5.56 Å². The molecule has 166 valence electrons. The molecular formula is C22H15F4NO4S. The van der Waals surface area contributed by atoms with Crippen molar-refractivity contribution in [2.45, 2.75) is 17.0 Å². The molecule has 0 fully saturated rings. The molecule has 1 heterocycles. The molecule has 0 bridgehead atoms. The van der Waals surface area contributed by atoms with E-state index >= 15 is 4.39 Å². The molecule has 1 atom stereocenters. The molecule has 0 aliphatic carbocycles. The summed E-state index contributed by atoms with van der Waals surface area (Å²) in [4.78, 5) is 11.8. The number of carbonyl (C=O) groups excluding carboxylic acids is 1. The molecule has 32 heavy (non-hydrogen) atoms. The first-order chi connectivity index (χ1) is 15.2. The van der Waals surface area contributed by atoms with Gasteiger partial charge in [0.25, 0.3) is 0 Å². The standard InChI is InChI=1S/C22H15F4NO4S/c1-31-21(28)22(14-10-6-3-7-11-14)15-16(23)17(24)18(25)19(26)20(15)32(29,30)27(22)12-13-8-4-2-5-9-13/h2-11H,12H2,1H3. The Morgan fingerprint density at radius 1 is 0.875 bits per heavy atom. The molecule has 4 rings (SSSR count). The van der Waals surface area contributed by atoms with E-state index in [0.717, 1.165) is 7.11 Å². The number of nitrogens with zero attached hydrogens (tertiary/aromatic N) is 1. The predicted octanol–water partition coefficient (Wildman–Crippen LogP) is 3.86. The van der Waals surface area contributed by atoms with Gasteiger partial charge in [0.05, 0.1) is 12.7 Å². The van der Waals surface area contributed by atoms with Crippen LogP contribution < -0.4 is 0 Å². The molecule has 1 unspecified atom stereocenters. The largest absolute Gasteiger partial charge is 0.467 e. The third-order valence-corrected chi connectivity index (χ3v) is 7.23. The maximum absolute atomic E-state index is 15.2. The van der Waals surface area contributed by atoms with Crippen LogP contribution in [0.25, 0.3) is 0 Å². The summed E-state index contributed by atoms with van der Waals surface area (Å²) in [7, 11) is -4.11. The minimum atomic E-state index is -5.04. The highest BCUT2D eigenvalue weighted by atomic mass is 32.2. The molecule has 3 aromatic carbocycles. The predicted molar refractivity (Wildman–Crippen MR) is 105 cm³/mol. The van der Waals surface area contributed by atoms with Crippen LogP contribution in [0, 0.1) is 23.3 Å². The zero-order valence-corrected chi connectivity index (χ0v) is 17.3. The van der Waals surface area contributed by atoms with Crippen molar-refractivity contribution in [2.24, 2.45) is 0 Å². The smallest absolute Gasteiger partial charge is 0.336 e. The molecule has 0 N–H and O–H groups in total. The first-order valence-corrected chi connectivity index (χ1v) is 10.7. The average molecular weight is 465 g/mol. The van der Waals surface area contributed by atoms with E-state index in [4.69, 9.17) is 4.74 Å². The van der Waals surface area contributed by atoms with Gasteiger partial charge in [-0.3, -0.25) is 0 Å². The summed E-state index contributed by atoms with van der Waals surface area (Å²) in [5.41, 5.74) is -3.58. The van der Waals surface area contributed by atoms with E-state index < -0.39 is 61.8 Å². The van der Waals surface area contributed by atoms with Gasteiger partial charge in [-0.1, -0.05) is 60.7 Å². The average Bonchev–Trinajstić information content (AvgIpc) is 3.01. The molecular weight excluding hydrogens is 450 g/mol. The SMILES string of the molecule is COC(=O)C1(c2ccccc2)c2c(F)c(F)c(F)c(F)c2S(=O)(=O)N1Cc1ccccc1. The Morgan fingerprint density at radius 3 is 1.97 bits per heavy atom. The van der Waals surface area contributed by atoms with Gasteiger partial charge in [0.2, 0.25) is 10.0 Å². The molecule has 3 aromatic rings. The van der Waals surface area contributed by atoms with E-state index in [9.17, 15) is 26.4 Å². The summed E-state index contributed by atoms with van der Waals surface area (Å²) in [6, 6.07) is 14.9. The van der Waals surface area contributed by atoms with E-state index in [1.54, 1.807) is 24.3 Å². The lowest BCUT2D eigenvalue weighted by molar-refractivity contribution is -0.150. The van der Waals surface area contributed by atoms with Crippen molar-refractivity contribution in [2.75, 3.05) is 7.11 Å². The van der Waals surface area contributed by atoms with Crippen LogP contribution in [-0.2, 0) is 31.6 Å². The summed E-state index contributed by atoms with van der Waals surface area (Å²) < 4.78 is 90.7. The van der Waals surface area contributed by atoms with Gasteiger partial charge in [-0.15, -0.1) is 0 Å². The second-order valence-electron chi connectivity index (χ2n) is 7.03. The first kappa shape index (κ1) is 22.0. The van der Waals surface area contributed by atoms with Gasteiger partial charge in [0, 0.05) is 6.54 Å². The summed E-state index contributed by atoms with van der Waals surface area (Å²) >= 11 is 0. The fourth-order valence-corrected chi connectivity index (χ4v) is 5.96. The van der Waals surface area contributed by atoms with Gasteiger partial charge in [-0.05, 0) is 11.1 Å². The van der Waals surface area contributed by atoms with Crippen LogP contribution in [0.3, 0.4) is 0 Å². The maximum atomic E-state index is 15.2. The second kappa shape index (κ2) is 7.72. The fraction of sp³-hybridized carbons (Fsp3) is 0.136. The highest BCUT2D eigenvalue weighted by Crippen LogP contribution is 2.52. The Bertz CT molecular complexity index is 1320. The van der Waals surface area contributed by atoms with Crippen molar-refractivity contribution in [1.82, 2.24) is 4.31 Å². The fourth-order valence-electron chi connectivity index (χ4n) is 3.98. The minimum Gasteiger partial charge on any atom is -0.467 e. The Hall–Kier alpha value is -3.24. The number of benzene rings is 3. The van der Waals surface area contributed by atoms with Crippen molar-refractivity contribution in [1.29, 1.82) is 0 Å². The van der Waals surface area contributed by atoms with Crippen molar-refractivity contribution in [3.05, 3.63) is 101 Å². The summed E-state index contributed by atoms with van der Waals surface area (Å²) in [6.07, 6.45) is 0. The lowest BCUT2D eigenvalue weighted by Crippen LogP contribution is -2.51. The van der Waals surface area contributed by atoms with Crippen LogP contribution in [-0.4, -0.2) is 25.8 Å². The Balaban J connectivity index is 2.19. The summed E-state index contributed by atoms with van der Waals surface area (Å²) in [5, 5.41) is 0. The zero-order chi connectivity index (χ0) is 23.3. The number of ether oxygens (including phenoxy) is 1. The van der Waals surface area contributed by atoms with E-state index in [2.05, 4.69) is 0 Å². The second-order valence-corrected chi connectivity index (χ2v) is 8.82. The number of hydrogen-bond acceptors (Lipinski definition) is 4. The number of hydrogen-bond donors (Lipinski definition) is 0. The third kappa shape index (κ3) is 2.86. The Kier molecular flexibility index (Phi) is 5.30. The zero-order valence-electron chi connectivity index (χ0n) is 16.5. The van der Waals surface area contributed by atoms with Crippen LogP contribution in [0.2, 0.25) is 0 Å². The molecule has 0 aromatic heterocycles. The Labute approximate surface area is 180 Å². The van der Waals surface area contributed by atoms with Crippen LogP contribution >= 0.6 is 0 Å². The molecule has 0 radical (unpaired) electrons. The number of carbonyl (C=O) groups is 1.